The number of hydrogen-bond acceptors (Lipinski definition) is 3. The van der Waals surface area contributed by atoms with Crippen molar-refractivity contribution in [2.24, 2.45) is 0 Å². The lowest BCUT2D eigenvalue weighted by Crippen LogP contribution is -2.44. The Hall–Kier alpha value is -1.88. The summed E-state index contributed by atoms with van der Waals surface area (Å²) < 4.78 is 0. The Morgan fingerprint density at radius 2 is 1.79 bits per heavy atom. The molecule has 1 aromatic carbocycles. The predicted molar refractivity (Wildman–Crippen MR) is 72.6 cm³/mol. The number of hydrogen-bond donors (Lipinski definition) is 2. The second-order valence-corrected chi connectivity index (χ2v) is 4.62. The fourth-order valence-electron chi connectivity index (χ4n) is 2.41. The molecule has 19 heavy (non-hydrogen) atoms. The van der Waals surface area contributed by atoms with Crippen LogP contribution in [0.3, 0.4) is 0 Å². The highest BCUT2D eigenvalue weighted by Crippen LogP contribution is 2.25. The molecule has 0 aromatic heterocycles. The standard InChI is InChI=1S/C14H19N3O2/c1-15-14(19)16-13(18)12(17-9-5-6-10-17)11-7-3-2-4-8-11/h2-4,7-8,12H,5-6,9-10H2,1H3,(H2,15,16,18,19)/t12-/m1/s1. The molecule has 1 heterocycles. The Morgan fingerprint density at radius 3 is 2.37 bits per heavy atom. The van der Waals surface area contributed by atoms with Crippen LogP contribution in [0, 0.1) is 0 Å². The number of carbonyl (C=O) groups excluding carboxylic acids is 2. The highest BCUT2D eigenvalue weighted by atomic mass is 16.2. The number of amides is 3. The summed E-state index contributed by atoms with van der Waals surface area (Å²) in [5.41, 5.74) is 0.922. The number of rotatable bonds is 3. The highest BCUT2D eigenvalue weighted by Gasteiger charge is 2.30. The first-order valence-electron chi connectivity index (χ1n) is 6.54. The molecular formula is C14H19N3O2. The van der Waals surface area contributed by atoms with Gasteiger partial charge in [-0.05, 0) is 31.5 Å². The molecule has 0 bridgehead atoms. The zero-order valence-electron chi connectivity index (χ0n) is 11.1. The summed E-state index contributed by atoms with van der Waals surface area (Å²) in [7, 11) is 1.50. The van der Waals surface area contributed by atoms with Crippen LogP contribution in [0.4, 0.5) is 4.79 Å². The van der Waals surface area contributed by atoms with Gasteiger partial charge in [-0.2, -0.15) is 0 Å². The lowest BCUT2D eigenvalue weighted by Gasteiger charge is -2.26. The molecule has 5 heteroatoms. The second-order valence-electron chi connectivity index (χ2n) is 4.62. The fraction of sp³-hybridized carbons (Fsp3) is 0.429. The molecule has 1 aromatic rings. The Balaban J connectivity index is 2.19. The van der Waals surface area contributed by atoms with E-state index in [-0.39, 0.29) is 11.9 Å². The summed E-state index contributed by atoms with van der Waals surface area (Å²) in [5, 5.41) is 4.78. The van der Waals surface area contributed by atoms with Gasteiger partial charge in [0.2, 0.25) is 5.91 Å². The molecule has 0 spiro atoms. The zero-order chi connectivity index (χ0) is 13.7. The van der Waals surface area contributed by atoms with Crippen molar-refractivity contribution in [3.05, 3.63) is 35.9 Å². The van der Waals surface area contributed by atoms with Crippen molar-refractivity contribution < 1.29 is 9.59 Å². The van der Waals surface area contributed by atoms with Crippen molar-refractivity contribution in [1.82, 2.24) is 15.5 Å². The van der Waals surface area contributed by atoms with E-state index in [0.29, 0.717) is 0 Å². The van der Waals surface area contributed by atoms with Crippen LogP contribution in [-0.2, 0) is 4.79 Å². The van der Waals surface area contributed by atoms with E-state index >= 15 is 0 Å². The summed E-state index contributed by atoms with van der Waals surface area (Å²) >= 11 is 0. The SMILES string of the molecule is CNC(=O)NC(=O)[C@@H](c1ccccc1)N1CCCC1. The molecule has 1 aliphatic rings. The molecule has 0 saturated carbocycles. The summed E-state index contributed by atoms with van der Waals surface area (Å²) in [6.45, 7) is 1.78. The number of nitrogens with zero attached hydrogens (tertiary/aromatic N) is 1. The largest absolute Gasteiger partial charge is 0.341 e. The number of benzene rings is 1. The predicted octanol–water partition coefficient (Wildman–Crippen LogP) is 1.28. The molecule has 1 aliphatic heterocycles. The van der Waals surface area contributed by atoms with E-state index in [4.69, 9.17) is 0 Å². The first-order chi connectivity index (χ1) is 9.22. The lowest BCUT2D eigenvalue weighted by atomic mass is 10.0. The molecule has 0 unspecified atom stereocenters. The maximum absolute atomic E-state index is 12.3. The lowest BCUT2D eigenvalue weighted by molar-refractivity contribution is -0.125. The van der Waals surface area contributed by atoms with Gasteiger partial charge in [0.1, 0.15) is 6.04 Å². The van der Waals surface area contributed by atoms with Crippen molar-refractivity contribution in [3.8, 4) is 0 Å². The molecule has 102 valence electrons. The van der Waals surface area contributed by atoms with Gasteiger partial charge in [0.05, 0.1) is 0 Å². The first kappa shape index (κ1) is 13.5. The van der Waals surface area contributed by atoms with Gasteiger partial charge in [0, 0.05) is 7.05 Å². The molecule has 1 saturated heterocycles. The zero-order valence-corrected chi connectivity index (χ0v) is 11.1. The number of urea groups is 1. The number of imide groups is 1. The van der Waals surface area contributed by atoms with Crippen LogP contribution < -0.4 is 10.6 Å². The Kier molecular flexibility index (Phi) is 4.52. The van der Waals surface area contributed by atoms with Gasteiger partial charge < -0.3 is 5.32 Å². The topological polar surface area (TPSA) is 61.4 Å². The molecule has 1 atom stereocenters. The number of likely N-dealkylation sites (tertiary alicyclic amines) is 1. The Morgan fingerprint density at radius 1 is 1.16 bits per heavy atom. The van der Waals surface area contributed by atoms with E-state index in [0.717, 1.165) is 31.5 Å². The minimum absolute atomic E-state index is 0.271. The minimum atomic E-state index is -0.467. The highest BCUT2D eigenvalue weighted by molar-refractivity contribution is 5.97. The summed E-state index contributed by atoms with van der Waals surface area (Å²) in [6.07, 6.45) is 2.19. The fourth-order valence-corrected chi connectivity index (χ4v) is 2.41. The van der Waals surface area contributed by atoms with E-state index in [1.54, 1.807) is 0 Å². The van der Waals surface area contributed by atoms with E-state index in [1.807, 2.05) is 30.3 Å². The van der Waals surface area contributed by atoms with Gasteiger partial charge in [-0.15, -0.1) is 0 Å². The molecule has 3 amide bonds. The maximum Gasteiger partial charge on any atom is 0.321 e. The van der Waals surface area contributed by atoms with Crippen LogP contribution in [0.5, 0.6) is 0 Å². The third-order valence-electron chi connectivity index (χ3n) is 3.33. The first-order valence-corrected chi connectivity index (χ1v) is 6.54. The normalized spacial score (nSPS) is 16.9. The van der Waals surface area contributed by atoms with Gasteiger partial charge in [0.15, 0.2) is 0 Å². The van der Waals surface area contributed by atoms with Crippen LogP contribution in [-0.4, -0.2) is 37.0 Å². The third kappa shape index (κ3) is 3.32. The number of carbonyl (C=O) groups is 2. The molecule has 0 radical (unpaired) electrons. The second kappa shape index (κ2) is 6.33. The van der Waals surface area contributed by atoms with Crippen molar-refractivity contribution in [2.75, 3.05) is 20.1 Å². The molecular weight excluding hydrogens is 242 g/mol. The van der Waals surface area contributed by atoms with Crippen molar-refractivity contribution in [3.63, 3.8) is 0 Å². The number of nitrogens with one attached hydrogen (secondary N) is 2. The smallest absolute Gasteiger partial charge is 0.321 e. The quantitative estimate of drug-likeness (QED) is 0.861. The molecule has 5 nitrogen and oxygen atoms in total. The van der Waals surface area contributed by atoms with Crippen molar-refractivity contribution >= 4 is 11.9 Å². The van der Waals surface area contributed by atoms with Crippen molar-refractivity contribution in [1.29, 1.82) is 0 Å². The van der Waals surface area contributed by atoms with E-state index in [9.17, 15) is 9.59 Å². The van der Waals surface area contributed by atoms with Gasteiger partial charge in [-0.1, -0.05) is 30.3 Å². The summed E-state index contributed by atoms with van der Waals surface area (Å²) in [4.78, 5) is 25.7. The molecule has 2 N–H and O–H groups in total. The molecule has 2 rings (SSSR count). The van der Waals surface area contributed by atoms with Gasteiger partial charge >= 0.3 is 6.03 Å². The van der Waals surface area contributed by atoms with Crippen molar-refractivity contribution in [2.45, 2.75) is 18.9 Å². The van der Waals surface area contributed by atoms with E-state index in [1.165, 1.54) is 7.05 Å². The Bertz CT molecular complexity index is 441. The third-order valence-corrected chi connectivity index (χ3v) is 3.33. The monoisotopic (exact) mass is 261 g/mol. The van der Waals surface area contributed by atoms with Gasteiger partial charge in [-0.25, -0.2) is 4.79 Å². The molecule has 1 fully saturated rings. The van der Waals surface area contributed by atoms with Crippen LogP contribution in [0.2, 0.25) is 0 Å². The van der Waals surface area contributed by atoms with Crippen LogP contribution >= 0.6 is 0 Å². The van der Waals surface area contributed by atoms with Crippen LogP contribution in [0.25, 0.3) is 0 Å². The van der Waals surface area contributed by atoms with Gasteiger partial charge in [-0.3, -0.25) is 15.0 Å². The Labute approximate surface area is 113 Å². The van der Waals surface area contributed by atoms with E-state index < -0.39 is 6.03 Å². The average Bonchev–Trinajstić information content (AvgIpc) is 2.94. The molecule has 0 aliphatic carbocycles. The summed E-state index contributed by atoms with van der Waals surface area (Å²) in [6, 6.07) is 8.73. The van der Waals surface area contributed by atoms with Gasteiger partial charge in [0.25, 0.3) is 0 Å². The van der Waals surface area contributed by atoms with Crippen LogP contribution in [0.1, 0.15) is 24.4 Å². The summed E-state index contributed by atoms with van der Waals surface area (Å²) in [5.74, 6) is -0.271. The van der Waals surface area contributed by atoms with Crippen LogP contribution in [0.15, 0.2) is 30.3 Å². The van der Waals surface area contributed by atoms with E-state index in [2.05, 4.69) is 15.5 Å². The minimum Gasteiger partial charge on any atom is -0.341 e. The average molecular weight is 261 g/mol. The maximum atomic E-state index is 12.3.